The second-order valence-electron chi connectivity index (χ2n) is 11.7. The predicted octanol–water partition coefficient (Wildman–Crippen LogP) is 8.28. The zero-order chi connectivity index (χ0) is 25.4. The second kappa shape index (κ2) is 13.7. The Kier molecular flexibility index (Phi) is 11.2. The lowest BCUT2D eigenvalue weighted by atomic mass is 9.82. The molecule has 198 valence electrons. The smallest absolute Gasteiger partial charge is 0.306 e. The van der Waals surface area contributed by atoms with Crippen molar-refractivity contribution in [2.75, 3.05) is 11.5 Å². The molecule has 0 aromatic heterocycles. The molecule has 2 aliphatic rings. The quantitative estimate of drug-likeness (QED) is 0.314. The summed E-state index contributed by atoms with van der Waals surface area (Å²) in [4.78, 5) is 13.0. The molecule has 0 atom stereocenters. The van der Waals surface area contributed by atoms with E-state index in [-0.39, 0.29) is 17.5 Å². The van der Waals surface area contributed by atoms with Crippen LogP contribution in [0.5, 0.6) is 5.75 Å². The van der Waals surface area contributed by atoms with Gasteiger partial charge in [-0.1, -0.05) is 65.4 Å². The lowest BCUT2D eigenvalue weighted by Crippen LogP contribution is -2.26. The SMILES string of the molecule is Cc1c(CCC(=O)OC(CSC2CCCCC2)CSC2CCCCC2)cc(C(C)(C)C)c(O)c1C. The zero-order valence-electron chi connectivity index (χ0n) is 22.8. The fourth-order valence-electron chi connectivity index (χ4n) is 5.35. The van der Waals surface area contributed by atoms with E-state index in [1.165, 1.54) is 64.2 Å². The third kappa shape index (κ3) is 8.91. The first kappa shape index (κ1) is 28.8. The van der Waals surface area contributed by atoms with Crippen LogP contribution in [0.15, 0.2) is 6.07 Å². The highest BCUT2D eigenvalue weighted by Crippen LogP contribution is 2.37. The van der Waals surface area contributed by atoms with Crippen molar-refractivity contribution in [3.63, 3.8) is 0 Å². The van der Waals surface area contributed by atoms with Gasteiger partial charge in [-0.25, -0.2) is 0 Å². The molecule has 3 rings (SSSR count). The Morgan fingerprint density at radius 3 is 1.94 bits per heavy atom. The van der Waals surface area contributed by atoms with Gasteiger partial charge in [0.1, 0.15) is 11.9 Å². The molecule has 0 spiro atoms. The molecule has 1 aromatic rings. The fraction of sp³-hybridized carbons (Fsp3) is 0.767. The monoisotopic (exact) mass is 520 g/mol. The van der Waals surface area contributed by atoms with Gasteiger partial charge >= 0.3 is 5.97 Å². The summed E-state index contributed by atoms with van der Waals surface area (Å²) in [5, 5.41) is 12.1. The first-order chi connectivity index (χ1) is 16.6. The molecule has 2 aliphatic carbocycles. The number of phenolic OH excluding ortho intramolecular Hbond substituents is 1. The van der Waals surface area contributed by atoms with Gasteiger partial charge in [-0.2, -0.15) is 23.5 Å². The number of rotatable bonds is 10. The maximum absolute atomic E-state index is 13.0. The first-order valence-electron chi connectivity index (χ1n) is 13.9. The highest BCUT2D eigenvalue weighted by Gasteiger charge is 2.24. The molecule has 1 N–H and O–H groups in total. The lowest BCUT2D eigenvalue weighted by Gasteiger charge is -2.26. The van der Waals surface area contributed by atoms with Gasteiger partial charge in [0.05, 0.1) is 0 Å². The van der Waals surface area contributed by atoms with Crippen LogP contribution in [0.4, 0.5) is 0 Å². The van der Waals surface area contributed by atoms with Gasteiger partial charge < -0.3 is 9.84 Å². The van der Waals surface area contributed by atoms with Crippen LogP contribution in [-0.4, -0.2) is 39.2 Å². The van der Waals surface area contributed by atoms with E-state index in [0.29, 0.717) is 18.6 Å². The van der Waals surface area contributed by atoms with E-state index in [4.69, 9.17) is 4.74 Å². The van der Waals surface area contributed by atoms with Gasteiger partial charge in [0.2, 0.25) is 0 Å². The molecule has 0 bridgehead atoms. The van der Waals surface area contributed by atoms with E-state index in [1.807, 2.05) is 37.4 Å². The molecule has 35 heavy (non-hydrogen) atoms. The van der Waals surface area contributed by atoms with Crippen molar-refractivity contribution in [3.05, 3.63) is 28.3 Å². The van der Waals surface area contributed by atoms with Gasteiger partial charge in [-0.05, 0) is 73.6 Å². The molecular weight excluding hydrogens is 472 g/mol. The predicted molar refractivity (Wildman–Crippen MR) is 153 cm³/mol. The number of esters is 1. The molecule has 0 saturated heterocycles. The summed E-state index contributed by atoms with van der Waals surface area (Å²) in [6.45, 7) is 10.4. The van der Waals surface area contributed by atoms with Crippen molar-refractivity contribution in [3.8, 4) is 5.75 Å². The molecule has 5 heteroatoms. The molecule has 3 nitrogen and oxygen atoms in total. The standard InChI is InChI=1S/C30H48O3S2/c1-21-22(2)29(32)27(30(3,4)5)18-23(21)16-17-28(31)33-24(19-34-25-12-8-6-9-13-25)20-35-26-14-10-7-11-15-26/h18,24-26,32H,6-17,19-20H2,1-5H3. The molecule has 1 aromatic carbocycles. The van der Waals surface area contributed by atoms with E-state index in [1.54, 1.807) is 0 Å². The maximum Gasteiger partial charge on any atom is 0.306 e. The van der Waals surface area contributed by atoms with E-state index in [9.17, 15) is 9.90 Å². The summed E-state index contributed by atoms with van der Waals surface area (Å²) in [5.41, 5.74) is 3.96. The number of hydrogen-bond acceptors (Lipinski definition) is 5. The van der Waals surface area contributed by atoms with Crippen LogP contribution in [0.3, 0.4) is 0 Å². The van der Waals surface area contributed by atoms with Crippen LogP contribution in [0.25, 0.3) is 0 Å². The molecular formula is C30H48O3S2. The van der Waals surface area contributed by atoms with Gasteiger partial charge in [0.25, 0.3) is 0 Å². The average Bonchev–Trinajstić information content (AvgIpc) is 2.84. The highest BCUT2D eigenvalue weighted by molar-refractivity contribution is 8.00. The number of benzene rings is 1. The number of aromatic hydroxyl groups is 1. The van der Waals surface area contributed by atoms with Gasteiger partial charge in [-0.3, -0.25) is 4.79 Å². The van der Waals surface area contributed by atoms with Crippen molar-refractivity contribution < 1.29 is 14.6 Å². The van der Waals surface area contributed by atoms with Gasteiger partial charge in [0, 0.05) is 28.4 Å². The normalized spacial score (nSPS) is 18.2. The van der Waals surface area contributed by atoms with Crippen molar-refractivity contribution in [2.45, 2.75) is 134 Å². The summed E-state index contributed by atoms with van der Waals surface area (Å²) in [6.07, 6.45) is 14.5. The van der Waals surface area contributed by atoms with Gasteiger partial charge in [-0.15, -0.1) is 0 Å². The average molecular weight is 521 g/mol. The molecule has 0 unspecified atom stereocenters. The zero-order valence-corrected chi connectivity index (χ0v) is 24.4. The number of hydrogen-bond donors (Lipinski definition) is 1. The largest absolute Gasteiger partial charge is 0.507 e. The van der Waals surface area contributed by atoms with E-state index >= 15 is 0 Å². The molecule has 0 heterocycles. The Bertz CT molecular complexity index is 796. The Balaban J connectivity index is 1.58. The van der Waals surface area contributed by atoms with Crippen molar-refractivity contribution in [2.24, 2.45) is 0 Å². The summed E-state index contributed by atoms with van der Waals surface area (Å²) in [7, 11) is 0. The lowest BCUT2D eigenvalue weighted by molar-refractivity contribution is -0.146. The number of aryl methyl sites for hydroxylation is 1. The van der Waals surface area contributed by atoms with E-state index < -0.39 is 0 Å². The number of carbonyl (C=O) groups is 1. The summed E-state index contributed by atoms with van der Waals surface area (Å²) in [5.74, 6) is 2.18. The second-order valence-corrected chi connectivity index (χ2v) is 14.4. The number of ether oxygens (including phenoxy) is 1. The Labute approximate surface area is 222 Å². The maximum atomic E-state index is 13.0. The fourth-order valence-corrected chi connectivity index (χ4v) is 8.18. The third-order valence-electron chi connectivity index (χ3n) is 7.82. The summed E-state index contributed by atoms with van der Waals surface area (Å²) in [6, 6.07) is 2.10. The van der Waals surface area contributed by atoms with Crippen LogP contribution >= 0.6 is 23.5 Å². The van der Waals surface area contributed by atoms with E-state index in [0.717, 1.165) is 44.3 Å². The minimum absolute atomic E-state index is 0.00846. The summed E-state index contributed by atoms with van der Waals surface area (Å²) < 4.78 is 6.12. The Morgan fingerprint density at radius 2 is 1.46 bits per heavy atom. The Hall–Kier alpha value is -0.810. The molecule has 2 fully saturated rings. The Morgan fingerprint density at radius 1 is 0.943 bits per heavy atom. The minimum Gasteiger partial charge on any atom is -0.507 e. The highest BCUT2D eigenvalue weighted by atomic mass is 32.2. The van der Waals surface area contributed by atoms with Crippen LogP contribution in [0, 0.1) is 13.8 Å². The van der Waals surface area contributed by atoms with Crippen LogP contribution < -0.4 is 0 Å². The van der Waals surface area contributed by atoms with Crippen molar-refractivity contribution in [1.29, 1.82) is 0 Å². The number of thioether (sulfide) groups is 2. The van der Waals surface area contributed by atoms with Crippen LogP contribution in [-0.2, 0) is 21.4 Å². The van der Waals surface area contributed by atoms with Crippen molar-refractivity contribution >= 4 is 29.5 Å². The summed E-state index contributed by atoms with van der Waals surface area (Å²) >= 11 is 4.08. The van der Waals surface area contributed by atoms with Gasteiger partial charge in [0.15, 0.2) is 0 Å². The molecule has 2 saturated carbocycles. The van der Waals surface area contributed by atoms with Crippen molar-refractivity contribution in [1.82, 2.24) is 0 Å². The van der Waals surface area contributed by atoms with Crippen LogP contribution in [0.2, 0.25) is 0 Å². The first-order valence-corrected chi connectivity index (χ1v) is 16.0. The molecule has 0 amide bonds. The minimum atomic E-state index is -0.143. The van der Waals surface area contributed by atoms with Crippen LogP contribution in [0.1, 0.15) is 114 Å². The molecule has 0 aliphatic heterocycles. The van der Waals surface area contributed by atoms with E-state index in [2.05, 4.69) is 26.8 Å². The number of carbonyl (C=O) groups excluding carboxylic acids is 1. The molecule has 0 radical (unpaired) electrons. The third-order valence-corrected chi connectivity index (χ3v) is 10.8. The topological polar surface area (TPSA) is 46.5 Å². The number of phenols is 1.